The van der Waals surface area contributed by atoms with E-state index in [1.807, 2.05) is 13.8 Å². The fraction of sp³-hybridized carbons (Fsp3) is 0.200. The number of nitrogen functional groups attached to an aromatic ring is 1. The van der Waals surface area contributed by atoms with Crippen LogP contribution in [0.3, 0.4) is 0 Å². The van der Waals surface area contributed by atoms with Gasteiger partial charge in [-0.15, -0.1) is 10.2 Å². The van der Waals surface area contributed by atoms with Gasteiger partial charge in [0, 0.05) is 29.5 Å². The van der Waals surface area contributed by atoms with Crippen molar-refractivity contribution in [3.05, 3.63) is 52.0 Å². The Hall–Kier alpha value is -3.01. The summed E-state index contributed by atoms with van der Waals surface area (Å²) in [6.07, 6.45) is 0. The first-order valence-electron chi connectivity index (χ1n) is 7.28. The zero-order valence-electron chi connectivity index (χ0n) is 13.4. The standard InChI is InChI=1S/C15H14N6O3S/c1-8-7-12(16)18-15(17-8)25-9(2)13-19-20-14(24-13)10-3-5-11(6-4-10)21(22)23/h3-7,9H,1-2H3,(H2,16,17,18). The molecule has 1 atom stereocenters. The predicted octanol–water partition coefficient (Wildman–Crippen LogP) is 3.18. The number of hydrogen-bond donors (Lipinski definition) is 1. The van der Waals surface area contributed by atoms with E-state index in [9.17, 15) is 10.1 Å². The number of aromatic nitrogens is 4. The first kappa shape index (κ1) is 16.8. The third-order valence-corrected chi connectivity index (χ3v) is 4.20. The zero-order valence-corrected chi connectivity index (χ0v) is 14.2. The fourth-order valence-corrected chi connectivity index (χ4v) is 2.93. The Morgan fingerprint density at radius 2 is 1.96 bits per heavy atom. The number of nitrogens with two attached hydrogens (primary N) is 1. The number of benzene rings is 1. The molecule has 0 saturated carbocycles. The molecule has 10 heteroatoms. The highest BCUT2D eigenvalue weighted by Crippen LogP contribution is 2.33. The Labute approximate surface area is 146 Å². The molecule has 0 spiro atoms. The lowest BCUT2D eigenvalue weighted by atomic mass is 10.2. The minimum Gasteiger partial charge on any atom is -0.419 e. The molecule has 0 aliphatic rings. The molecule has 0 bridgehead atoms. The summed E-state index contributed by atoms with van der Waals surface area (Å²) < 4.78 is 5.66. The van der Waals surface area contributed by atoms with Crippen molar-refractivity contribution >= 4 is 23.3 Å². The van der Waals surface area contributed by atoms with E-state index < -0.39 is 4.92 Å². The molecule has 2 heterocycles. The summed E-state index contributed by atoms with van der Waals surface area (Å²) in [5.41, 5.74) is 7.11. The highest BCUT2D eigenvalue weighted by molar-refractivity contribution is 7.99. The van der Waals surface area contributed by atoms with Crippen LogP contribution in [0.15, 0.2) is 39.9 Å². The second kappa shape index (κ2) is 6.85. The van der Waals surface area contributed by atoms with Crippen molar-refractivity contribution in [1.29, 1.82) is 0 Å². The van der Waals surface area contributed by atoms with Crippen LogP contribution < -0.4 is 5.73 Å². The number of aryl methyl sites for hydroxylation is 1. The molecule has 2 aromatic heterocycles. The normalized spacial score (nSPS) is 12.1. The van der Waals surface area contributed by atoms with Crippen LogP contribution in [-0.2, 0) is 0 Å². The van der Waals surface area contributed by atoms with Gasteiger partial charge in [-0.2, -0.15) is 0 Å². The number of non-ortho nitro benzene ring substituents is 1. The third kappa shape index (κ3) is 3.91. The van der Waals surface area contributed by atoms with Gasteiger partial charge in [0.1, 0.15) is 5.82 Å². The molecule has 3 rings (SSSR count). The Balaban J connectivity index is 1.77. The topological polar surface area (TPSA) is 134 Å². The maximum absolute atomic E-state index is 10.7. The number of thioether (sulfide) groups is 1. The SMILES string of the molecule is Cc1cc(N)nc(SC(C)c2nnc(-c3ccc([N+](=O)[O-])cc3)o2)n1. The van der Waals surface area contributed by atoms with Gasteiger partial charge in [0.05, 0.1) is 10.2 Å². The maximum atomic E-state index is 10.7. The Bertz CT molecular complexity index is 892. The van der Waals surface area contributed by atoms with E-state index in [0.29, 0.717) is 28.3 Å². The molecule has 2 N–H and O–H groups in total. The van der Waals surface area contributed by atoms with E-state index >= 15 is 0 Å². The fourth-order valence-electron chi connectivity index (χ4n) is 2.07. The number of hydrogen-bond acceptors (Lipinski definition) is 9. The number of nitrogens with zero attached hydrogens (tertiary/aromatic N) is 5. The average molecular weight is 358 g/mol. The third-order valence-electron chi connectivity index (χ3n) is 3.25. The van der Waals surface area contributed by atoms with Crippen molar-refractivity contribution in [2.24, 2.45) is 0 Å². The van der Waals surface area contributed by atoms with Gasteiger partial charge in [0.2, 0.25) is 11.8 Å². The Morgan fingerprint density at radius 1 is 1.24 bits per heavy atom. The van der Waals surface area contributed by atoms with E-state index in [1.54, 1.807) is 18.2 Å². The van der Waals surface area contributed by atoms with Crippen LogP contribution in [-0.4, -0.2) is 25.1 Å². The lowest BCUT2D eigenvalue weighted by molar-refractivity contribution is -0.384. The first-order valence-corrected chi connectivity index (χ1v) is 8.16. The summed E-state index contributed by atoms with van der Waals surface area (Å²) in [5, 5.41) is 19.1. The molecule has 0 aliphatic carbocycles. The maximum Gasteiger partial charge on any atom is 0.269 e. The van der Waals surface area contributed by atoms with Gasteiger partial charge in [-0.3, -0.25) is 10.1 Å². The molecule has 1 unspecified atom stereocenters. The molecule has 3 aromatic rings. The van der Waals surface area contributed by atoms with E-state index in [0.717, 1.165) is 5.69 Å². The molecule has 0 saturated heterocycles. The molecule has 1 aromatic carbocycles. The number of nitro benzene ring substituents is 1. The van der Waals surface area contributed by atoms with E-state index in [-0.39, 0.29) is 10.9 Å². The van der Waals surface area contributed by atoms with Crippen LogP contribution in [0.4, 0.5) is 11.5 Å². The van der Waals surface area contributed by atoms with Crippen molar-refractivity contribution in [3.8, 4) is 11.5 Å². The molecule has 0 radical (unpaired) electrons. The number of anilines is 1. The van der Waals surface area contributed by atoms with Gasteiger partial charge in [0.15, 0.2) is 5.16 Å². The van der Waals surface area contributed by atoms with Gasteiger partial charge in [0.25, 0.3) is 5.69 Å². The van der Waals surface area contributed by atoms with Crippen LogP contribution in [0.25, 0.3) is 11.5 Å². The molecule has 9 nitrogen and oxygen atoms in total. The second-order valence-electron chi connectivity index (χ2n) is 5.23. The lowest BCUT2D eigenvalue weighted by Gasteiger charge is -2.06. The lowest BCUT2D eigenvalue weighted by Crippen LogP contribution is -1.98. The molecule has 0 fully saturated rings. The average Bonchev–Trinajstić information content (AvgIpc) is 3.04. The van der Waals surface area contributed by atoms with Gasteiger partial charge >= 0.3 is 0 Å². The second-order valence-corrected chi connectivity index (χ2v) is 6.53. The molecule has 25 heavy (non-hydrogen) atoms. The van der Waals surface area contributed by atoms with Crippen LogP contribution >= 0.6 is 11.8 Å². The molecular formula is C15H14N6O3S. The summed E-state index contributed by atoms with van der Waals surface area (Å²) in [6, 6.07) is 7.60. The van der Waals surface area contributed by atoms with Gasteiger partial charge < -0.3 is 10.2 Å². The monoisotopic (exact) mass is 358 g/mol. The van der Waals surface area contributed by atoms with Crippen molar-refractivity contribution in [2.75, 3.05) is 5.73 Å². The Morgan fingerprint density at radius 3 is 2.60 bits per heavy atom. The van der Waals surface area contributed by atoms with Crippen LogP contribution in [0.1, 0.15) is 23.8 Å². The van der Waals surface area contributed by atoms with Crippen molar-refractivity contribution in [3.63, 3.8) is 0 Å². The summed E-state index contributed by atoms with van der Waals surface area (Å²) in [6.45, 7) is 3.73. The quantitative estimate of drug-likeness (QED) is 0.316. The summed E-state index contributed by atoms with van der Waals surface area (Å²) in [5.74, 6) is 1.10. The van der Waals surface area contributed by atoms with Crippen molar-refractivity contribution < 1.29 is 9.34 Å². The van der Waals surface area contributed by atoms with E-state index in [2.05, 4.69) is 20.2 Å². The zero-order chi connectivity index (χ0) is 18.0. The largest absolute Gasteiger partial charge is 0.419 e. The molecule has 128 valence electrons. The molecule has 0 aliphatic heterocycles. The predicted molar refractivity (Wildman–Crippen MR) is 91.8 cm³/mol. The van der Waals surface area contributed by atoms with E-state index in [1.165, 1.54) is 23.9 Å². The summed E-state index contributed by atoms with van der Waals surface area (Å²) in [4.78, 5) is 18.7. The van der Waals surface area contributed by atoms with Crippen LogP contribution in [0.2, 0.25) is 0 Å². The smallest absolute Gasteiger partial charge is 0.269 e. The van der Waals surface area contributed by atoms with E-state index in [4.69, 9.17) is 10.2 Å². The molecular weight excluding hydrogens is 344 g/mol. The highest BCUT2D eigenvalue weighted by atomic mass is 32.2. The first-order chi connectivity index (χ1) is 11.9. The van der Waals surface area contributed by atoms with Gasteiger partial charge in [-0.25, -0.2) is 9.97 Å². The number of nitro groups is 1. The minimum absolute atomic E-state index is 0.00148. The summed E-state index contributed by atoms with van der Waals surface area (Å²) in [7, 11) is 0. The number of rotatable bonds is 5. The molecule has 0 amide bonds. The Kier molecular flexibility index (Phi) is 4.61. The minimum atomic E-state index is -0.463. The van der Waals surface area contributed by atoms with Crippen LogP contribution in [0.5, 0.6) is 0 Å². The highest BCUT2D eigenvalue weighted by Gasteiger charge is 2.18. The van der Waals surface area contributed by atoms with Gasteiger partial charge in [-0.05, 0) is 26.0 Å². The van der Waals surface area contributed by atoms with Crippen molar-refractivity contribution in [2.45, 2.75) is 24.3 Å². The van der Waals surface area contributed by atoms with Crippen LogP contribution in [0, 0.1) is 17.0 Å². The summed E-state index contributed by atoms with van der Waals surface area (Å²) >= 11 is 1.35. The van der Waals surface area contributed by atoms with Gasteiger partial charge in [-0.1, -0.05) is 11.8 Å². The van der Waals surface area contributed by atoms with Crippen molar-refractivity contribution in [1.82, 2.24) is 20.2 Å².